The maximum absolute atomic E-state index is 6.25. The van der Waals surface area contributed by atoms with Gasteiger partial charge in [-0.2, -0.15) is 0 Å². The zero-order valence-corrected chi connectivity index (χ0v) is 12.3. The summed E-state index contributed by atoms with van der Waals surface area (Å²) in [6.07, 6.45) is 5.46. The molecule has 0 aliphatic heterocycles. The topological polar surface area (TPSA) is 38.9 Å². The number of fused-ring (bicyclic) bond motifs is 1. The van der Waals surface area contributed by atoms with Gasteiger partial charge < -0.3 is 5.73 Å². The first-order chi connectivity index (χ1) is 9.16. The van der Waals surface area contributed by atoms with Crippen LogP contribution in [-0.4, -0.2) is 4.98 Å². The van der Waals surface area contributed by atoms with Crippen LogP contribution in [-0.2, 0) is 12.8 Å². The molecule has 2 nitrogen and oxygen atoms in total. The van der Waals surface area contributed by atoms with E-state index in [4.69, 9.17) is 5.73 Å². The molecule has 2 aromatic rings. The monoisotopic (exact) mass is 272 g/mol. The van der Waals surface area contributed by atoms with Crippen molar-refractivity contribution in [3.05, 3.63) is 34.8 Å². The van der Waals surface area contributed by atoms with Gasteiger partial charge in [-0.25, -0.2) is 0 Å². The molecule has 19 heavy (non-hydrogen) atoms. The van der Waals surface area contributed by atoms with Gasteiger partial charge >= 0.3 is 0 Å². The van der Waals surface area contributed by atoms with Crippen LogP contribution in [0, 0.1) is 11.8 Å². The highest BCUT2D eigenvalue weighted by Crippen LogP contribution is 2.44. The molecule has 0 radical (unpaired) electrons. The molecule has 2 aromatic heterocycles. The van der Waals surface area contributed by atoms with Crippen molar-refractivity contribution in [2.45, 2.75) is 33.1 Å². The molecule has 100 valence electrons. The molecule has 3 rings (SSSR count). The lowest BCUT2D eigenvalue weighted by molar-refractivity contribution is 0.346. The van der Waals surface area contributed by atoms with Gasteiger partial charge in [-0.05, 0) is 48.8 Å². The Morgan fingerprint density at radius 1 is 1.37 bits per heavy atom. The van der Waals surface area contributed by atoms with Gasteiger partial charge in [0.2, 0.25) is 0 Å². The Balaban J connectivity index is 2.01. The lowest BCUT2D eigenvalue weighted by Gasteiger charge is -2.25. The van der Waals surface area contributed by atoms with Crippen LogP contribution < -0.4 is 5.73 Å². The molecular formula is C16H20N2S. The first kappa shape index (κ1) is 12.7. The van der Waals surface area contributed by atoms with Gasteiger partial charge in [0.25, 0.3) is 0 Å². The standard InChI is InChI=1S/C16H20N2S/c1-10(2)11-6-7-12-14(9-11)19-16(17)15(12)13-5-3-4-8-18-13/h3-5,8,10-11H,6-7,9,17H2,1-2H3. The third-order valence-corrected chi connectivity index (χ3v) is 5.28. The van der Waals surface area contributed by atoms with Crippen molar-refractivity contribution in [2.75, 3.05) is 5.73 Å². The fourth-order valence-electron chi connectivity index (χ4n) is 2.99. The SMILES string of the molecule is CC(C)C1CCc2c(sc(N)c2-c2ccccn2)C1. The van der Waals surface area contributed by atoms with Gasteiger partial charge in [-0.3, -0.25) is 4.98 Å². The van der Waals surface area contributed by atoms with Crippen molar-refractivity contribution in [1.82, 2.24) is 4.98 Å². The number of thiophene rings is 1. The number of nitrogen functional groups attached to an aromatic ring is 1. The van der Waals surface area contributed by atoms with Crippen LogP contribution in [0.2, 0.25) is 0 Å². The maximum Gasteiger partial charge on any atom is 0.0957 e. The molecule has 3 heteroatoms. The molecule has 1 unspecified atom stereocenters. The lowest BCUT2D eigenvalue weighted by Crippen LogP contribution is -2.17. The quantitative estimate of drug-likeness (QED) is 0.891. The van der Waals surface area contributed by atoms with Crippen molar-refractivity contribution in [3.8, 4) is 11.3 Å². The van der Waals surface area contributed by atoms with Crippen LogP contribution in [0.4, 0.5) is 5.00 Å². The molecule has 1 aliphatic rings. The van der Waals surface area contributed by atoms with Crippen LogP contribution >= 0.6 is 11.3 Å². The van der Waals surface area contributed by atoms with Gasteiger partial charge in [-0.15, -0.1) is 11.3 Å². The smallest absolute Gasteiger partial charge is 0.0957 e. The Bertz CT molecular complexity index is 572. The molecular weight excluding hydrogens is 252 g/mol. The first-order valence-electron chi connectivity index (χ1n) is 6.98. The number of nitrogens with two attached hydrogens (primary N) is 1. The maximum atomic E-state index is 6.25. The molecule has 0 fully saturated rings. The molecule has 2 heterocycles. The number of anilines is 1. The van der Waals surface area contributed by atoms with Crippen LogP contribution in [0.15, 0.2) is 24.4 Å². The second-order valence-electron chi connectivity index (χ2n) is 5.70. The lowest BCUT2D eigenvalue weighted by atomic mass is 9.80. The first-order valence-corrected chi connectivity index (χ1v) is 7.80. The molecule has 0 bridgehead atoms. The minimum absolute atomic E-state index is 0.759. The Kier molecular flexibility index (Phi) is 3.31. The third-order valence-electron chi connectivity index (χ3n) is 4.19. The van der Waals surface area contributed by atoms with Crippen LogP contribution in [0.25, 0.3) is 11.3 Å². The molecule has 0 spiro atoms. The summed E-state index contributed by atoms with van der Waals surface area (Å²) in [7, 11) is 0. The average molecular weight is 272 g/mol. The summed E-state index contributed by atoms with van der Waals surface area (Å²) in [6, 6.07) is 6.05. The number of hydrogen-bond donors (Lipinski definition) is 1. The van der Waals surface area contributed by atoms with Crippen molar-refractivity contribution in [2.24, 2.45) is 11.8 Å². The van der Waals surface area contributed by atoms with Gasteiger partial charge in [0.15, 0.2) is 0 Å². The summed E-state index contributed by atoms with van der Waals surface area (Å²) in [5.41, 5.74) is 9.94. The normalized spacial score (nSPS) is 18.6. The van der Waals surface area contributed by atoms with Gasteiger partial charge in [-0.1, -0.05) is 19.9 Å². The van der Waals surface area contributed by atoms with E-state index in [2.05, 4.69) is 24.9 Å². The van der Waals surface area contributed by atoms with E-state index in [1.54, 1.807) is 11.3 Å². The fourth-order valence-corrected chi connectivity index (χ4v) is 4.21. The molecule has 1 aliphatic carbocycles. The van der Waals surface area contributed by atoms with E-state index in [0.717, 1.165) is 29.0 Å². The summed E-state index contributed by atoms with van der Waals surface area (Å²) >= 11 is 1.77. The Labute approximate surface area is 118 Å². The number of rotatable bonds is 2. The van der Waals surface area contributed by atoms with Crippen molar-refractivity contribution in [1.29, 1.82) is 0 Å². The third kappa shape index (κ3) is 2.27. The minimum Gasteiger partial charge on any atom is -0.390 e. The number of pyridine rings is 1. The van der Waals surface area contributed by atoms with E-state index in [9.17, 15) is 0 Å². The van der Waals surface area contributed by atoms with Crippen molar-refractivity contribution < 1.29 is 0 Å². The highest BCUT2D eigenvalue weighted by atomic mass is 32.1. The van der Waals surface area contributed by atoms with E-state index in [-0.39, 0.29) is 0 Å². The van der Waals surface area contributed by atoms with E-state index in [1.807, 2.05) is 18.3 Å². The van der Waals surface area contributed by atoms with Crippen LogP contribution in [0.1, 0.15) is 30.7 Å². The van der Waals surface area contributed by atoms with Gasteiger partial charge in [0, 0.05) is 16.6 Å². The summed E-state index contributed by atoms with van der Waals surface area (Å²) in [5.74, 6) is 1.57. The van der Waals surface area contributed by atoms with E-state index < -0.39 is 0 Å². The van der Waals surface area contributed by atoms with Gasteiger partial charge in [0.1, 0.15) is 0 Å². The van der Waals surface area contributed by atoms with E-state index in [1.165, 1.54) is 28.8 Å². The molecule has 0 saturated carbocycles. The van der Waals surface area contributed by atoms with Crippen LogP contribution in [0.5, 0.6) is 0 Å². The zero-order valence-electron chi connectivity index (χ0n) is 11.5. The van der Waals surface area contributed by atoms with Crippen molar-refractivity contribution in [3.63, 3.8) is 0 Å². The minimum atomic E-state index is 0.759. The second-order valence-corrected chi connectivity index (χ2v) is 6.84. The predicted octanol–water partition coefficient (Wildman–Crippen LogP) is 4.15. The number of hydrogen-bond acceptors (Lipinski definition) is 3. The summed E-state index contributed by atoms with van der Waals surface area (Å²) in [4.78, 5) is 5.96. The molecule has 0 aromatic carbocycles. The fraction of sp³-hybridized carbons (Fsp3) is 0.438. The molecule has 0 amide bonds. The average Bonchev–Trinajstić information content (AvgIpc) is 2.74. The van der Waals surface area contributed by atoms with Gasteiger partial charge in [0.05, 0.1) is 10.7 Å². The van der Waals surface area contributed by atoms with E-state index in [0.29, 0.717) is 0 Å². The highest BCUT2D eigenvalue weighted by Gasteiger charge is 2.27. The Morgan fingerprint density at radius 3 is 2.89 bits per heavy atom. The molecule has 0 saturated heterocycles. The number of aromatic nitrogens is 1. The predicted molar refractivity (Wildman–Crippen MR) is 82.3 cm³/mol. The molecule has 1 atom stereocenters. The van der Waals surface area contributed by atoms with Crippen LogP contribution in [0.3, 0.4) is 0 Å². The Morgan fingerprint density at radius 2 is 2.21 bits per heavy atom. The second kappa shape index (κ2) is 4.97. The summed E-state index contributed by atoms with van der Waals surface area (Å²) < 4.78 is 0. The molecule has 2 N–H and O–H groups in total. The largest absolute Gasteiger partial charge is 0.390 e. The zero-order chi connectivity index (χ0) is 13.4. The Hall–Kier alpha value is -1.35. The number of nitrogens with zero attached hydrogens (tertiary/aromatic N) is 1. The van der Waals surface area contributed by atoms with E-state index >= 15 is 0 Å². The van der Waals surface area contributed by atoms with Crippen molar-refractivity contribution >= 4 is 16.3 Å². The summed E-state index contributed by atoms with van der Waals surface area (Å²) in [6.45, 7) is 4.65. The summed E-state index contributed by atoms with van der Waals surface area (Å²) in [5, 5.41) is 0.938. The highest BCUT2D eigenvalue weighted by molar-refractivity contribution is 7.16.